The van der Waals surface area contributed by atoms with Crippen molar-refractivity contribution in [1.82, 2.24) is 0 Å². The van der Waals surface area contributed by atoms with Crippen LogP contribution >= 0.6 is 11.3 Å². The molecule has 3 heteroatoms. The summed E-state index contributed by atoms with van der Waals surface area (Å²) in [4.78, 5) is 8.42. The van der Waals surface area contributed by atoms with Gasteiger partial charge in [-0.1, -0.05) is 78.6 Å². The summed E-state index contributed by atoms with van der Waals surface area (Å²) in [6, 6.07) is 33.9. The number of nitrogens with zero attached hydrogens (tertiary/aromatic N) is 2. The fourth-order valence-corrected chi connectivity index (χ4v) is 5.10. The molecule has 0 saturated carbocycles. The molecule has 2 nitrogen and oxygen atoms in total. The number of amidine groups is 1. The molecular formula is C33H24N2S. The van der Waals surface area contributed by atoms with Gasteiger partial charge in [0, 0.05) is 11.3 Å². The van der Waals surface area contributed by atoms with Crippen molar-refractivity contribution in [3.05, 3.63) is 136 Å². The van der Waals surface area contributed by atoms with E-state index < -0.39 is 0 Å². The molecular weight excluding hydrogens is 456 g/mol. The fourth-order valence-electron chi connectivity index (χ4n) is 4.53. The lowest BCUT2D eigenvalue weighted by Crippen LogP contribution is -2.31. The van der Waals surface area contributed by atoms with Crippen LogP contribution in [0.4, 0.5) is 11.4 Å². The van der Waals surface area contributed by atoms with Gasteiger partial charge in [-0.15, -0.1) is 11.3 Å². The Balaban J connectivity index is 1.35. The van der Waals surface area contributed by atoms with Gasteiger partial charge in [0.1, 0.15) is 5.84 Å². The van der Waals surface area contributed by atoms with E-state index in [9.17, 15) is 0 Å². The number of hydrogen-bond acceptors (Lipinski definition) is 3. The molecule has 0 fully saturated rings. The number of aliphatic imine (C=N–C) groups is 1. The van der Waals surface area contributed by atoms with E-state index >= 15 is 0 Å². The third kappa shape index (κ3) is 4.60. The fraction of sp³-hybridized carbons (Fsp3) is 0.0606. The molecule has 36 heavy (non-hydrogen) atoms. The molecule has 5 aromatic rings. The number of thiophene rings is 1. The Hall–Kier alpha value is -4.39. The molecule has 0 N–H and O–H groups in total. The average molecular weight is 481 g/mol. The van der Waals surface area contributed by atoms with Gasteiger partial charge in [-0.2, -0.15) is 0 Å². The first-order valence-electron chi connectivity index (χ1n) is 12.0. The number of rotatable bonds is 3. The number of aryl methyl sites for hydroxylation is 1. The highest BCUT2D eigenvalue weighted by Crippen LogP contribution is 2.32. The quantitative estimate of drug-likeness (QED) is 0.237. The Morgan fingerprint density at radius 3 is 2.53 bits per heavy atom. The van der Waals surface area contributed by atoms with Crippen LogP contribution in [0, 0.1) is 18.8 Å². The minimum atomic E-state index is 0.776. The summed E-state index contributed by atoms with van der Waals surface area (Å²) in [6.45, 7) is 2.93. The summed E-state index contributed by atoms with van der Waals surface area (Å²) < 4.78 is 0. The average Bonchev–Trinajstić information content (AvgIpc) is 3.44. The highest BCUT2D eigenvalue weighted by atomic mass is 32.1. The summed E-state index contributed by atoms with van der Waals surface area (Å²) in [5.41, 5.74) is 6.76. The van der Waals surface area contributed by atoms with Crippen molar-refractivity contribution < 1.29 is 0 Å². The number of benzene rings is 4. The molecule has 0 saturated heterocycles. The molecule has 1 aromatic heterocycles. The molecule has 0 radical (unpaired) electrons. The maximum atomic E-state index is 5.04. The standard InChI is InChI=1S/C33H24N2S/c1-24-21-25(13-17-30-10-6-20-36-30)14-18-32(24)35-23-29-9-4-5-11-31(29)34-33(35)19-15-26-12-16-27-7-2-3-8-28(27)22-26/h2-12,14-16,18-22H,23H2,1H3. The summed E-state index contributed by atoms with van der Waals surface area (Å²) in [6.07, 6.45) is 4.28. The topological polar surface area (TPSA) is 15.6 Å². The Labute approximate surface area is 215 Å². The summed E-state index contributed by atoms with van der Waals surface area (Å²) >= 11 is 1.66. The van der Waals surface area contributed by atoms with Gasteiger partial charge in [0.25, 0.3) is 0 Å². The smallest absolute Gasteiger partial charge is 0.133 e. The molecule has 1 aliphatic heterocycles. The maximum absolute atomic E-state index is 5.04. The van der Waals surface area contributed by atoms with Crippen molar-refractivity contribution in [1.29, 1.82) is 0 Å². The van der Waals surface area contributed by atoms with E-state index in [1.54, 1.807) is 11.3 Å². The van der Waals surface area contributed by atoms with E-state index in [1.165, 1.54) is 21.9 Å². The van der Waals surface area contributed by atoms with Crippen molar-refractivity contribution in [3.8, 4) is 11.8 Å². The lowest BCUT2D eigenvalue weighted by atomic mass is 10.0. The van der Waals surface area contributed by atoms with Crippen LogP contribution in [0.1, 0.15) is 27.1 Å². The predicted molar refractivity (Wildman–Crippen MR) is 154 cm³/mol. The second-order valence-electron chi connectivity index (χ2n) is 8.85. The number of hydrogen-bond donors (Lipinski definition) is 0. The minimum absolute atomic E-state index is 0.776. The van der Waals surface area contributed by atoms with Gasteiger partial charge in [-0.3, -0.25) is 0 Å². The minimum Gasteiger partial charge on any atom is -0.322 e. The van der Waals surface area contributed by atoms with Crippen molar-refractivity contribution in [2.45, 2.75) is 13.5 Å². The zero-order valence-electron chi connectivity index (χ0n) is 20.0. The molecule has 0 spiro atoms. The highest BCUT2D eigenvalue weighted by molar-refractivity contribution is 7.10. The predicted octanol–water partition coefficient (Wildman–Crippen LogP) is 8.37. The van der Waals surface area contributed by atoms with Gasteiger partial charge < -0.3 is 4.90 Å². The van der Waals surface area contributed by atoms with Gasteiger partial charge in [0.15, 0.2) is 0 Å². The Morgan fingerprint density at radius 2 is 1.67 bits per heavy atom. The third-order valence-corrected chi connectivity index (χ3v) is 7.15. The van der Waals surface area contributed by atoms with Crippen molar-refractivity contribution in [2.75, 3.05) is 4.90 Å². The van der Waals surface area contributed by atoms with Gasteiger partial charge in [-0.05, 0) is 82.2 Å². The van der Waals surface area contributed by atoms with Gasteiger partial charge >= 0.3 is 0 Å². The lowest BCUT2D eigenvalue weighted by Gasteiger charge is -2.30. The number of para-hydroxylation sites is 1. The van der Waals surface area contributed by atoms with Crippen LogP contribution < -0.4 is 4.90 Å². The normalized spacial score (nSPS) is 12.8. The largest absolute Gasteiger partial charge is 0.322 e. The molecule has 1 aliphatic rings. The van der Waals surface area contributed by atoms with Crippen molar-refractivity contribution in [2.24, 2.45) is 4.99 Å². The van der Waals surface area contributed by atoms with E-state index in [2.05, 4.69) is 132 Å². The van der Waals surface area contributed by atoms with Crippen LogP contribution in [0.3, 0.4) is 0 Å². The number of anilines is 1. The van der Waals surface area contributed by atoms with Gasteiger partial charge in [0.2, 0.25) is 0 Å². The van der Waals surface area contributed by atoms with E-state index in [4.69, 9.17) is 4.99 Å². The second-order valence-corrected chi connectivity index (χ2v) is 9.80. The van der Waals surface area contributed by atoms with E-state index in [0.29, 0.717) is 0 Å². The van der Waals surface area contributed by atoms with Crippen LogP contribution in [-0.2, 0) is 6.54 Å². The SMILES string of the molecule is Cc1cc(C#Cc2cccs2)ccc1N1Cc2ccccc2N=C1C=Cc1ccc2ccccc2c1. The zero-order chi connectivity index (χ0) is 24.3. The molecule has 6 rings (SSSR count). The first kappa shape index (κ1) is 22.1. The Kier molecular flexibility index (Phi) is 5.95. The molecule has 0 atom stereocenters. The first-order chi connectivity index (χ1) is 17.7. The Bertz CT molecular complexity index is 1680. The second kappa shape index (κ2) is 9.70. The molecule has 4 aromatic carbocycles. The molecule has 0 aliphatic carbocycles. The summed E-state index contributed by atoms with van der Waals surface area (Å²) in [5, 5.41) is 4.54. The zero-order valence-corrected chi connectivity index (χ0v) is 20.8. The number of fused-ring (bicyclic) bond motifs is 2. The highest BCUT2D eigenvalue weighted by Gasteiger charge is 2.20. The van der Waals surface area contributed by atoms with Crippen LogP contribution in [0.2, 0.25) is 0 Å². The molecule has 0 bridgehead atoms. The summed E-state index contributed by atoms with van der Waals surface area (Å²) in [7, 11) is 0. The van der Waals surface area contributed by atoms with E-state index in [0.717, 1.165) is 39.8 Å². The Morgan fingerprint density at radius 1 is 0.806 bits per heavy atom. The van der Waals surface area contributed by atoms with E-state index in [1.807, 2.05) is 6.07 Å². The molecule has 172 valence electrons. The van der Waals surface area contributed by atoms with Crippen molar-refractivity contribution >= 4 is 45.4 Å². The maximum Gasteiger partial charge on any atom is 0.133 e. The lowest BCUT2D eigenvalue weighted by molar-refractivity contribution is 0.975. The monoisotopic (exact) mass is 480 g/mol. The van der Waals surface area contributed by atoms with Gasteiger partial charge in [-0.25, -0.2) is 4.99 Å². The van der Waals surface area contributed by atoms with Crippen LogP contribution in [0.15, 0.2) is 114 Å². The molecule has 0 amide bonds. The third-order valence-electron chi connectivity index (χ3n) is 6.37. The molecule has 2 heterocycles. The van der Waals surface area contributed by atoms with Gasteiger partial charge in [0.05, 0.1) is 17.1 Å². The molecule has 0 unspecified atom stereocenters. The van der Waals surface area contributed by atoms with Crippen LogP contribution in [-0.4, -0.2) is 5.84 Å². The van der Waals surface area contributed by atoms with E-state index in [-0.39, 0.29) is 0 Å². The van der Waals surface area contributed by atoms with Crippen LogP contribution in [0.25, 0.3) is 16.8 Å². The van der Waals surface area contributed by atoms with Crippen molar-refractivity contribution in [3.63, 3.8) is 0 Å². The van der Waals surface area contributed by atoms with Crippen LogP contribution in [0.5, 0.6) is 0 Å². The summed E-state index contributed by atoms with van der Waals surface area (Å²) in [5.74, 6) is 7.50. The first-order valence-corrected chi connectivity index (χ1v) is 12.9.